The number of nitrogens with zero attached hydrogens (tertiary/aromatic N) is 2. The zero-order chi connectivity index (χ0) is 19.6. The second-order valence-electron chi connectivity index (χ2n) is 6.50. The molecule has 0 radical (unpaired) electrons. The second-order valence-corrected chi connectivity index (χ2v) is 6.50. The minimum atomic E-state index is -0.337. The SMILES string of the molecule is CCOC(=O)C(C)N(CCCOC)Cc1cccn1Cc1ccc(F)cc1. The largest absolute Gasteiger partial charge is 0.465 e. The van der Waals surface area contributed by atoms with Crippen LogP contribution < -0.4 is 0 Å². The molecule has 5 nitrogen and oxygen atoms in total. The topological polar surface area (TPSA) is 43.7 Å². The number of esters is 1. The smallest absolute Gasteiger partial charge is 0.323 e. The number of halogens is 1. The highest BCUT2D eigenvalue weighted by atomic mass is 19.1. The molecule has 148 valence electrons. The van der Waals surface area contributed by atoms with Gasteiger partial charge >= 0.3 is 5.97 Å². The van der Waals surface area contributed by atoms with Gasteiger partial charge in [0.15, 0.2) is 0 Å². The van der Waals surface area contributed by atoms with E-state index in [9.17, 15) is 9.18 Å². The first-order valence-corrected chi connectivity index (χ1v) is 9.33. The molecule has 0 fully saturated rings. The van der Waals surface area contributed by atoms with Crippen molar-refractivity contribution >= 4 is 5.97 Å². The van der Waals surface area contributed by atoms with Gasteiger partial charge in [0.2, 0.25) is 0 Å². The highest BCUT2D eigenvalue weighted by molar-refractivity contribution is 5.75. The van der Waals surface area contributed by atoms with Gasteiger partial charge in [-0.1, -0.05) is 12.1 Å². The first-order chi connectivity index (χ1) is 13.0. The van der Waals surface area contributed by atoms with Crippen molar-refractivity contribution in [3.05, 3.63) is 59.7 Å². The number of hydrogen-bond donors (Lipinski definition) is 0. The fourth-order valence-electron chi connectivity index (χ4n) is 2.98. The van der Waals surface area contributed by atoms with E-state index in [4.69, 9.17) is 9.47 Å². The molecule has 0 N–H and O–H groups in total. The molecule has 2 rings (SSSR count). The molecule has 1 aromatic carbocycles. The highest BCUT2D eigenvalue weighted by Crippen LogP contribution is 2.14. The number of ether oxygens (including phenoxy) is 2. The Morgan fingerprint density at radius 1 is 1.26 bits per heavy atom. The highest BCUT2D eigenvalue weighted by Gasteiger charge is 2.23. The number of carbonyl (C=O) groups excluding carboxylic acids is 1. The molecule has 0 amide bonds. The van der Waals surface area contributed by atoms with E-state index < -0.39 is 0 Å². The second kappa shape index (κ2) is 10.8. The first-order valence-electron chi connectivity index (χ1n) is 9.33. The molecular formula is C21H29FN2O3. The van der Waals surface area contributed by atoms with Crippen molar-refractivity contribution in [2.75, 3.05) is 26.9 Å². The van der Waals surface area contributed by atoms with Crippen LogP contribution in [0.2, 0.25) is 0 Å². The Morgan fingerprint density at radius 3 is 2.67 bits per heavy atom. The number of methoxy groups -OCH3 is 1. The van der Waals surface area contributed by atoms with Crippen molar-refractivity contribution in [2.45, 2.75) is 39.4 Å². The van der Waals surface area contributed by atoms with Crippen molar-refractivity contribution < 1.29 is 18.7 Å². The molecule has 0 aliphatic heterocycles. The van der Waals surface area contributed by atoms with E-state index in [-0.39, 0.29) is 17.8 Å². The number of hydrogen-bond acceptors (Lipinski definition) is 4. The molecule has 0 aliphatic rings. The summed E-state index contributed by atoms with van der Waals surface area (Å²) in [5, 5.41) is 0. The summed E-state index contributed by atoms with van der Waals surface area (Å²) in [6.07, 6.45) is 2.83. The van der Waals surface area contributed by atoms with Crippen molar-refractivity contribution in [3.8, 4) is 0 Å². The van der Waals surface area contributed by atoms with E-state index >= 15 is 0 Å². The molecule has 1 aromatic heterocycles. The van der Waals surface area contributed by atoms with Crippen LogP contribution in [-0.4, -0.2) is 48.3 Å². The Balaban J connectivity index is 2.10. The van der Waals surface area contributed by atoms with Gasteiger partial charge in [-0.2, -0.15) is 0 Å². The standard InChI is InChI=1S/C21H29FN2O3/c1-4-27-21(25)17(2)23(13-6-14-26-3)16-20-7-5-12-24(20)15-18-8-10-19(22)11-9-18/h5,7-12,17H,4,6,13-16H2,1-3H3. The third-order valence-electron chi connectivity index (χ3n) is 4.52. The minimum Gasteiger partial charge on any atom is -0.465 e. The van der Waals surface area contributed by atoms with Crippen LogP contribution in [0.3, 0.4) is 0 Å². The average Bonchev–Trinajstić information content (AvgIpc) is 3.09. The fraction of sp³-hybridized carbons (Fsp3) is 0.476. The molecule has 6 heteroatoms. The van der Waals surface area contributed by atoms with E-state index in [1.807, 2.05) is 32.2 Å². The summed E-state index contributed by atoms with van der Waals surface area (Å²) in [4.78, 5) is 14.3. The van der Waals surface area contributed by atoms with Gasteiger partial charge in [0, 0.05) is 45.2 Å². The van der Waals surface area contributed by atoms with Gasteiger partial charge in [-0.05, 0) is 50.1 Å². The summed E-state index contributed by atoms with van der Waals surface area (Å²) in [5.74, 6) is -0.453. The van der Waals surface area contributed by atoms with Crippen LogP contribution in [0.15, 0.2) is 42.6 Å². The van der Waals surface area contributed by atoms with Gasteiger partial charge in [0.25, 0.3) is 0 Å². The average molecular weight is 376 g/mol. The Labute approximate surface area is 160 Å². The van der Waals surface area contributed by atoms with Crippen LogP contribution in [0.1, 0.15) is 31.5 Å². The van der Waals surface area contributed by atoms with Crippen molar-refractivity contribution in [1.82, 2.24) is 9.47 Å². The summed E-state index contributed by atoms with van der Waals surface area (Å²) < 4.78 is 25.6. The molecule has 2 aromatic rings. The van der Waals surface area contributed by atoms with E-state index in [0.29, 0.717) is 26.3 Å². The number of benzene rings is 1. The minimum absolute atomic E-state index is 0.216. The molecule has 1 atom stereocenters. The monoisotopic (exact) mass is 376 g/mol. The maximum atomic E-state index is 13.1. The number of aromatic nitrogens is 1. The summed E-state index contributed by atoms with van der Waals surface area (Å²) in [6.45, 7) is 6.71. The Hall–Kier alpha value is -2.18. The van der Waals surface area contributed by atoms with Crippen LogP contribution in [-0.2, 0) is 27.4 Å². The summed E-state index contributed by atoms with van der Waals surface area (Å²) in [6, 6.07) is 10.2. The van der Waals surface area contributed by atoms with Crippen LogP contribution in [0, 0.1) is 5.82 Å². The summed E-state index contributed by atoms with van der Waals surface area (Å²) >= 11 is 0. The lowest BCUT2D eigenvalue weighted by atomic mass is 10.2. The van der Waals surface area contributed by atoms with Crippen LogP contribution >= 0.6 is 0 Å². The fourth-order valence-corrected chi connectivity index (χ4v) is 2.98. The van der Waals surface area contributed by atoms with Gasteiger partial charge in [-0.15, -0.1) is 0 Å². The van der Waals surface area contributed by atoms with E-state index in [1.54, 1.807) is 19.2 Å². The lowest BCUT2D eigenvalue weighted by Crippen LogP contribution is -2.41. The zero-order valence-corrected chi connectivity index (χ0v) is 16.4. The molecular weight excluding hydrogens is 347 g/mol. The Morgan fingerprint density at radius 2 is 2.00 bits per heavy atom. The van der Waals surface area contributed by atoms with Crippen molar-refractivity contribution in [3.63, 3.8) is 0 Å². The third-order valence-corrected chi connectivity index (χ3v) is 4.52. The van der Waals surface area contributed by atoms with Gasteiger partial charge in [0.05, 0.1) is 6.61 Å². The normalized spacial score (nSPS) is 12.3. The van der Waals surface area contributed by atoms with E-state index in [2.05, 4.69) is 9.47 Å². The number of rotatable bonds is 11. The van der Waals surface area contributed by atoms with E-state index in [0.717, 1.165) is 24.2 Å². The van der Waals surface area contributed by atoms with Gasteiger partial charge < -0.3 is 14.0 Å². The van der Waals surface area contributed by atoms with E-state index in [1.165, 1.54) is 12.1 Å². The van der Waals surface area contributed by atoms with Gasteiger partial charge in [-0.25, -0.2) is 4.39 Å². The molecule has 0 bridgehead atoms. The quantitative estimate of drug-likeness (QED) is 0.445. The van der Waals surface area contributed by atoms with Crippen molar-refractivity contribution in [2.24, 2.45) is 0 Å². The van der Waals surface area contributed by atoms with Gasteiger partial charge in [0.1, 0.15) is 11.9 Å². The van der Waals surface area contributed by atoms with Crippen LogP contribution in [0.25, 0.3) is 0 Å². The number of carbonyl (C=O) groups is 1. The maximum absolute atomic E-state index is 13.1. The third kappa shape index (κ3) is 6.48. The zero-order valence-electron chi connectivity index (χ0n) is 16.4. The summed E-state index contributed by atoms with van der Waals surface area (Å²) in [5.41, 5.74) is 2.12. The van der Waals surface area contributed by atoms with Crippen LogP contribution in [0.5, 0.6) is 0 Å². The molecule has 27 heavy (non-hydrogen) atoms. The summed E-state index contributed by atoms with van der Waals surface area (Å²) in [7, 11) is 1.67. The molecule has 0 spiro atoms. The maximum Gasteiger partial charge on any atom is 0.323 e. The molecule has 0 saturated heterocycles. The Kier molecular flexibility index (Phi) is 8.48. The molecule has 1 heterocycles. The molecule has 1 unspecified atom stereocenters. The Bertz CT molecular complexity index is 700. The molecule has 0 saturated carbocycles. The lowest BCUT2D eigenvalue weighted by molar-refractivity contribution is -0.149. The van der Waals surface area contributed by atoms with Gasteiger partial charge in [-0.3, -0.25) is 9.69 Å². The first kappa shape index (κ1) is 21.1. The predicted octanol–water partition coefficient (Wildman–Crippen LogP) is 3.47. The lowest BCUT2D eigenvalue weighted by Gasteiger charge is -2.28. The predicted molar refractivity (Wildman–Crippen MR) is 103 cm³/mol. The molecule has 0 aliphatic carbocycles. The van der Waals surface area contributed by atoms with Crippen LogP contribution in [0.4, 0.5) is 4.39 Å². The van der Waals surface area contributed by atoms with Crippen molar-refractivity contribution in [1.29, 1.82) is 0 Å².